The van der Waals surface area contributed by atoms with Crippen LogP contribution in [0.1, 0.15) is 12.5 Å². The summed E-state index contributed by atoms with van der Waals surface area (Å²) < 4.78 is 0.179. The number of thiocarbonyl (C=S) groups is 1. The highest BCUT2D eigenvalue weighted by atomic mass is 32.2. The van der Waals surface area contributed by atoms with Crippen molar-refractivity contribution in [1.29, 1.82) is 0 Å². The van der Waals surface area contributed by atoms with Gasteiger partial charge in [0.1, 0.15) is 10.1 Å². The van der Waals surface area contributed by atoms with Gasteiger partial charge in [0.2, 0.25) is 0 Å². The minimum absolute atomic E-state index is 0.0809. The molecular weight excluding hydrogens is 298 g/mol. The lowest BCUT2D eigenvalue weighted by molar-refractivity contribution is -0.309. The van der Waals surface area contributed by atoms with E-state index in [-0.39, 0.29) is 10.1 Å². The molecule has 5 nitrogen and oxygen atoms in total. The number of carboxylic acid groups (broad SMARTS) is 1. The molecule has 1 heterocycles. The number of carboxylic acids is 1. The molecule has 0 spiro atoms. The van der Waals surface area contributed by atoms with E-state index in [1.807, 2.05) is 0 Å². The molecule has 104 valence electrons. The molecule has 1 aromatic carbocycles. The third-order valence-electron chi connectivity index (χ3n) is 2.72. The van der Waals surface area contributed by atoms with E-state index in [1.54, 1.807) is 18.2 Å². The highest BCUT2D eigenvalue weighted by Crippen LogP contribution is 2.34. The van der Waals surface area contributed by atoms with Gasteiger partial charge in [0.25, 0.3) is 5.91 Å². The quantitative estimate of drug-likeness (QED) is 0.655. The molecular formula is C13H10NO4S2-. The predicted molar refractivity (Wildman–Crippen MR) is 77.6 cm³/mol. The summed E-state index contributed by atoms with van der Waals surface area (Å²) in [6.07, 6.45) is 1.56. The Morgan fingerprint density at radius 3 is 2.85 bits per heavy atom. The molecule has 0 aliphatic carbocycles. The van der Waals surface area contributed by atoms with Crippen molar-refractivity contribution in [2.24, 2.45) is 0 Å². The number of nitrogens with zero attached hydrogens (tertiary/aromatic N) is 1. The zero-order valence-corrected chi connectivity index (χ0v) is 12.0. The second-order valence-electron chi connectivity index (χ2n) is 4.14. The molecule has 1 fully saturated rings. The molecule has 0 radical (unpaired) electrons. The normalized spacial score (nSPS) is 18.6. The van der Waals surface area contributed by atoms with Crippen LogP contribution in [0.5, 0.6) is 5.75 Å². The number of aliphatic carboxylic acids is 1. The molecule has 0 bridgehead atoms. The second-order valence-corrected chi connectivity index (χ2v) is 5.82. The highest BCUT2D eigenvalue weighted by Gasteiger charge is 2.35. The molecule has 1 N–H and O–H groups in total. The van der Waals surface area contributed by atoms with Crippen molar-refractivity contribution >= 4 is 46.3 Å². The number of hydrogen-bond donors (Lipinski definition) is 1. The average molecular weight is 308 g/mol. The SMILES string of the molecule is C[C@@H](C(=O)[O-])N1C(=O)/C(=C/c2cccc(O)c2)SC1=S. The number of carbonyl (C=O) groups is 2. The number of benzene rings is 1. The summed E-state index contributed by atoms with van der Waals surface area (Å²) in [7, 11) is 0. The molecule has 7 heteroatoms. The number of carbonyl (C=O) groups excluding carboxylic acids is 2. The molecule has 0 aromatic heterocycles. The van der Waals surface area contributed by atoms with E-state index in [9.17, 15) is 19.8 Å². The van der Waals surface area contributed by atoms with E-state index in [2.05, 4.69) is 0 Å². The number of aromatic hydroxyl groups is 1. The zero-order chi connectivity index (χ0) is 14.9. The fourth-order valence-corrected chi connectivity index (χ4v) is 3.10. The topological polar surface area (TPSA) is 80.7 Å². The van der Waals surface area contributed by atoms with Gasteiger partial charge in [0.05, 0.1) is 16.9 Å². The Morgan fingerprint density at radius 2 is 2.25 bits per heavy atom. The van der Waals surface area contributed by atoms with E-state index < -0.39 is 17.9 Å². The summed E-state index contributed by atoms with van der Waals surface area (Å²) in [6.45, 7) is 1.34. The minimum atomic E-state index is -1.36. The van der Waals surface area contributed by atoms with E-state index in [4.69, 9.17) is 12.2 Å². The standard InChI is InChI=1S/C13H11NO4S2/c1-7(12(17)18)14-11(16)10(20-13(14)19)6-8-3-2-4-9(15)5-8/h2-7,15H,1H3,(H,17,18)/p-1/b10-6-/t7-/m0/s1. The van der Waals surface area contributed by atoms with Crippen molar-refractivity contribution in [3.8, 4) is 5.75 Å². The van der Waals surface area contributed by atoms with Gasteiger partial charge in [-0.1, -0.05) is 36.1 Å². The van der Waals surface area contributed by atoms with Gasteiger partial charge in [-0.2, -0.15) is 0 Å². The first-order valence-corrected chi connectivity index (χ1v) is 6.89. The van der Waals surface area contributed by atoms with Crippen LogP contribution in [0.15, 0.2) is 29.2 Å². The lowest BCUT2D eigenvalue weighted by Gasteiger charge is -2.23. The van der Waals surface area contributed by atoms with Crippen LogP contribution in [0.4, 0.5) is 0 Å². The van der Waals surface area contributed by atoms with Gasteiger partial charge in [-0.25, -0.2) is 0 Å². The number of amides is 1. The number of thioether (sulfide) groups is 1. The molecule has 1 aromatic rings. The van der Waals surface area contributed by atoms with Crippen molar-refractivity contribution in [3.63, 3.8) is 0 Å². The molecule has 1 atom stereocenters. The monoisotopic (exact) mass is 308 g/mol. The van der Waals surface area contributed by atoms with Gasteiger partial charge in [-0.15, -0.1) is 0 Å². The molecule has 1 amide bonds. The van der Waals surface area contributed by atoms with Crippen LogP contribution in [0.2, 0.25) is 0 Å². The summed E-state index contributed by atoms with van der Waals surface area (Å²) >= 11 is 6.04. The summed E-state index contributed by atoms with van der Waals surface area (Å²) in [5.41, 5.74) is 0.631. The second kappa shape index (κ2) is 5.64. The summed E-state index contributed by atoms with van der Waals surface area (Å²) in [4.78, 5) is 24.3. The van der Waals surface area contributed by atoms with Crippen LogP contribution in [0.25, 0.3) is 6.08 Å². The van der Waals surface area contributed by atoms with Crippen molar-refractivity contribution in [2.45, 2.75) is 13.0 Å². The number of hydrogen-bond acceptors (Lipinski definition) is 6. The predicted octanol–water partition coefficient (Wildman–Crippen LogP) is 0.732. The van der Waals surface area contributed by atoms with Crippen LogP contribution in [0.3, 0.4) is 0 Å². The van der Waals surface area contributed by atoms with E-state index in [1.165, 1.54) is 19.1 Å². The maximum atomic E-state index is 12.1. The first kappa shape index (κ1) is 14.5. The van der Waals surface area contributed by atoms with Crippen molar-refractivity contribution < 1.29 is 19.8 Å². The minimum Gasteiger partial charge on any atom is -0.548 e. The summed E-state index contributed by atoms with van der Waals surface area (Å²) in [5.74, 6) is -1.75. The van der Waals surface area contributed by atoms with Crippen molar-refractivity contribution in [2.75, 3.05) is 0 Å². The van der Waals surface area contributed by atoms with Crippen molar-refractivity contribution in [1.82, 2.24) is 4.90 Å². The fourth-order valence-electron chi connectivity index (χ4n) is 1.69. The van der Waals surface area contributed by atoms with Gasteiger partial charge >= 0.3 is 0 Å². The molecule has 1 saturated heterocycles. The number of phenolic OH excluding ortho intramolecular Hbond substituents is 1. The Balaban J connectivity index is 2.30. The van der Waals surface area contributed by atoms with Crippen LogP contribution >= 0.6 is 24.0 Å². The Bertz CT molecular complexity index is 627. The molecule has 0 saturated carbocycles. The number of phenols is 1. The Labute approximate surface area is 124 Å². The molecule has 0 unspecified atom stereocenters. The van der Waals surface area contributed by atoms with E-state index in [0.717, 1.165) is 16.7 Å². The van der Waals surface area contributed by atoms with Crippen LogP contribution in [-0.2, 0) is 9.59 Å². The third-order valence-corrected chi connectivity index (χ3v) is 4.05. The molecule has 1 aliphatic rings. The smallest absolute Gasteiger partial charge is 0.266 e. The third kappa shape index (κ3) is 2.83. The van der Waals surface area contributed by atoms with E-state index in [0.29, 0.717) is 10.5 Å². The summed E-state index contributed by atoms with van der Waals surface area (Å²) in [5, 5.41) is 20.2. The molecule has 20 heavy (non-hydrogen) atoms. The lowest BCUT2D eigenvalue weighted by atomic mass is 10.2. The molecule has 1 aliphatic heterocycles. The van der Waals surface area contributed by atoms with Gasteiger partial charge in [-0.05, 0) is 30.7 Å². The highest BCUT2D eigenvalue weighted by molar-refractivity contribution is 8.26. The maximum absolute atomic E-state index is 12.1. The first-order chi connectivity index (χ1) is 9.40. The van der Waals surface area contributed by atoms with Gasteiger partial charge in [-0.3, -0.25) is 9.69 Å². The largest absolute Gasteiger partial charge is 0.548 e. The van der Waals surface area contributed by atoms with Gasteiger partial charge in [0.15, 0.2) is 0 Å². The van der Waals surface area contributed by atoms with Crippen LogP contribution in [-0.4, -0.2) is 32.2 Å². The lowest BCUT2D eigenvalue weighted by Crippen LogP contribution is -2.48. The van der Waals surface area contributed by atoms with Crippen molar-refractivity contribution in [3.05, 3.63) is 34.7 Å². The van der Waals surface area contributed by atoms with E-state index >= 15 is 0 Å². The zero-order valence-electron chi connectivity index (χ0n) is 10.4. The summed E-state index contributed by atoms with van der Waals surface area (Å²) in [6, 6.07) is 5.26. The van der Waals surface area contributed by atoms with Gasteiger partial charge in [0, 0.05) is 0 Å². The first-order valence-electron chi connectivity index (χ1n) is 5.67. The van der Waals surface area contributed by atoms with Crippen LogP contribution < -0.4 is 5.11 Å². The maximum Gasteiger partial charge on any atom is 0.266 e. The molecule has 2 rings (SSSR count). The number of rotatable bonds is 3. The Kier molecular flexibility index (Phi) is 4.10. The van der Waals surface area contributed by atoms with Gasteiger partial charge < -0.3 is 15.0 Å². The Hall–Kier alpha value is -1.86. The Morgan fingerprint density at radius 1 is 1.55 bits per heavy atom. The fraction of sp³-hybridized carbons (Fsp3) is 0.154. The average Bonchev–Trinajstić information content (AvgIpc) is 2.63. The van der Waals surface area contributed by atoms with Crippen LogP contribution in [0, 0.1) is 0 Å².